The molecular formula is C27H32N4O3S. The highest BCUT2D eigenvalue weighted by Gasteiger charge is 2.30. The fourth-order valence-electron chi connectivity index (χ4n) is 4.61. The molecule has 1 aliphatic rings. The second-order valence-corrected chi connectivity index (χ2v) is 9.83. The van der Waals surface area contributed by atoms with Crippen molar-refractivity contribution < 1.29 is 14.2 Å². The van der Waals surface area contributed by atoms with Gasteiger partial charge in [0.15, 0.2) is 0 Å². The summed E-state index contributed by atoms with van der Waals surface area (Å²) in [5.41, 5.74) is 5.22. The van der Waals surface area contributed by atoms with Gasteiger partial charge in [0.1, 0.15) is 21.8 Å². The van der Waals surface area contributed by atoms with Gasteiger partial charge in [-0.15, -0.1) is 10.2 Å². The third kappa shape index (κ3) is 5.71. The maximum atomic E-state index is 9.59. The van der Waals surface area contributed by atoms with Crippen LogP contribution in [0.4, 0.5) is 0 Å². The molecule has 8 heteroatoms. The van der Waals surface area contributed by atoms with E-state index >= 15 is 0 Å². The van der Waals surface area contributed by atoms with Crippen LogP contribution in [0.15, 0.2) is 36.4 Å². The third-order valence-electron chi connectivity index (χ3n) is 6.21. The molecule has 1 aliphatic carbocycles. The summed E-state index contributed by atoms with van der Waals surface area (Å²) in [6, 6.07) is 14.7. The number of hydrogen-bond acceptors (Lipinski definition) is 8. The molecule has 184 valence electrons. The molecule has 0 N–H and O–H groups in total. The Hall–Kier alpha value is -2.83. The highest BCUT2D eigenvalue weighted by molar-refractivity contribution is 7.17. The lowest BCUT2D eigenvalue weighted by Crippen LogP contribution is -2.33. The molecule has 1 unspecified atom stereocenters. The maximum absolute atomic E-state index is 9.59. The van der Waals surface area contributed by atoms with Crippen molar-refractivity contribution in [1.29, 1.82) is 5.26 Å². The smallest absolute Gasteiger partial charge is 0.148 e. The highest BCUT2D eigenvalue weighted by Crippen LogP contribution is 2.42. The lowest BCUT2D eigenvalue weighted by Gasteiger charge is -2.29. The molecule has 2 aromatic carbocycles. The van der Waals surface area contributed by atoms with Crippen LogP contribution in [0.2, 0.25) is 0 Å². The molecule has 0 aliphatic heterocycles. The van der Waals surface area contributed by atoms with Crippen molar-refractivity contribution in [2.45, 2.75) is 38.8 Å². The summed E-state index contributed by atoms with van der Waals surface area (Å²) >= 11 is 1.56. The van der Waals surface area contributed by atoms with Gasteiger partial charge in [0, 0.05) is 44.5 Å². The first-order chi connectivity index (χ1) is 17.0. The van der Waals surface area contributed by atoms with Gasteiger partial charge in [0.05, 0.1) is 24.9 Å². The number of benzene rings is 2. The molecule has 0 fully saturated rings. The summed E-state index contributed by atoms with van der Waals surface area (Å²) in [5.74, 6) is 0.592. The topological polar surface area (TPSA) is 80.5 Å². The fraction of sp³-hybridized carbons (Fsp3) is 0.444. The standard InChI is InChI=1S/C27H32N4O3S/c1-18(2)34-25-11-8-19(16-20(25)17-28)26-29-30-27(35-26)23-7-5-6-22-21(23)9-10-24(22)31(12-14-32-3)13-15-33-4/h5-8,11,16,18,24H,9-10,12-15H2,1-4H3. The van der Waals surface area contributed by atoms with E-state index in [2.05, 4.69) is 39.4 Å². The van der Waals surface area contributed by atoms with Crippen LogP contribution in [-0.2, 0) is 15.9 Å². The van der Waals surface area contributed by atoms with E-state index < -0.39 is 0 Å². The van der Waals surface area contributed by atoms with Crippen LogP contribution in [0, 0.1) is 11.3 Å². The van der Waals surface area contributed by atoms with Crippen LogP contribution < -0.4 is 4.74 Å². The summed E-state index contributed by atoms with van der Waals surface area (Å²) in [7, 11) is 3.49. The summed E-state index contributed by atoms with van der Waals surface area (Å²) in [5, 5.41) is 20.3. The minimum absolute atomic E-state index is 0.00463. The molecule has 35 heavy (non-hydrogen) atoms. The van der Waals surface area contributed by atoms with E-state index in [1.807, 2.05) is 32.0 Å². The maximum Gasteiger partial charge on any atom is 0.148 e. The number of aromatic nitrogens is 2. The van der Waals surface area contributed by atoms with Crippen molar-refractivity contribution in [3.05, 3.63) is 53.1 Å². The van der Waals surface area contributed by atoms with Gasteiger partial charge in [0.2, 0.25) is 0 Å². The molecule has 0 spiro atoms. The molecule has 1 heterocycles. The monoisotopic (exact) mass is 492 g/mol. The van der Waals surface area contributed by atoms with Crippen LogP contribution in [0.5, 0.6) is 5.75 Å². The lowest BCUT2D eigenvalue weighted by molar-refractivity contribution is 0.0872. The second kappa shape index (κ2) is 11.7. The number of ether oxygens (including phenoxy) is 3. The van der Waals surface area contributed by atoms with Crippen molar-refractivity contribution >= 4 is 11.3 Å². The van der Waals surface area contributed by atoms with E-state index in [-0.39, 0.29) is 6.10 Å². The summed E-state index contributed by atoms with van der Waals surface area (Å²) in [6.07, 6.45) is 2.07. The molecule has 0 saturated heterocycles. The van der Waals surface area contributed by atoms with Gasteiger partial charge < -0.3 is 14.2 Å². The molecule has 0 amide bonds. The predicted molar refractivity (Wildman–Crippen MR) is 138 cm³/mol. The number of methoxy groups -OCH3 is 2. The van der Waals surface area contributed by atoms with E-state index in [4.69, 9.17) is 14.2 Å². The Morgan fingerprint density at radius 2 is 1.83 bits per heavy atom. The van der Waals surface area contributed by atoms with E-state index in [9.17, 15) is 5.26 Å². The summed E-state index contributed by atoms with van der Waals surface area (Å²) < 4.78 is 16.5. The Bertz CT molecular complexity index is 1180. The van der Waals surface area contributed by atoms with Crippen molar-refractivity contribution in [2.75, 3.05) is 40.5 Å². The van der Waals surface area contributed by atoms with Gasteiger partial charge in [-0.3, -0.25) is 4.90 Å². The molecule has 0 radical (unpaired) electrons. The minimum Gasteiger partial charge on any atom is -0.490 e. The molecule has 7 nitrogen and oxygen atoms in total. The number of fused-ring (bicyclic) bond motifs is 1. The van der Waals surface area contributed by atoms with Crippen molar-refractivity contribution in [2.24, 2.45) is 0 Å². The number of rotatable bonds is 11. The van der Waals surface area contributed by atoms with Crippen molar-refractivity contribution in [3.63, 3.8) is 0 Å². The van der Waals surface area contributed by atoms with Crippen LogP contribution in [-0.4, -0.2) is 61.7 Å². The largest absolute Gasteiger partial charge is 0.490 e. The summed E-state index contributed by atoms with van der Waals surface area (Å²) in [6.45, 7) is 7.03. The zero-order valence-electron chi connectivity index (χ0n) is 20.8. The van der Waals surface area contributed by atoms with Gasteiger partial charge in [-0.25, -0.2) is 0 Å². The normalized spacial score (nSPS) is 14.9. The second-order valence-electron chi connectivity index (χ2n) is 8.85. The van der Waals surface area contributed by atoms with E-state index in [0.717, 1.165) is 47.1 Å². The summed E-state index contributed by atoms with van der Waals surface area (Å²) in [4.78, 5) is 2.46. The van der Waals surface area contributed by atoms with Crippen molar-refractivity contribution in [1.82, 2.24) is 15.1 Å². The average Bonchev–Trinajstić information content (AvgIpc) is 3.52. The molecule has 0 bridgehead atoms. The molecule has 3 aromatic rings. The lowest BCUT2D eigenvalue weighted by atomic mass is 10.0. The van der Waals surface area contributed by atoms with Gasteiger partial charge in [-0.05, 0) is 56.0 Å². The molecule has 0 saturated carbocycles. The van der Waals surface area contributed by atoms with E-state index in [0.29, 0.717) is 30.6 Å². The fourth-order valence-corrected chi connectivity index (χ4v) is 5.50. The van der Waals surface area contributed by atoms with E-state index in [1.54, 1.807) is 25.6 Å². The molecule has 1 atom stereocenters. The van der Waals surface area contributed by atoms with Crippen LogP contribution in [0.25, 0.3) is 21.1 Å². The van der Waals surface area contributed by atoms with Gasteiger partial charge in [0.25, 0.3) is 0 Å². The Morgan fingerprint density at radius 1 is 1.09 bits per heavy atom. The SMILES string of the molecule is COCCN(CCOC)C1CCc2c(-c3nnc(-c4ccc(OC(C)C)c(C#N)c4)s3)cccc21. The Morgan fingerprint density at radius 3 is 2.51 bits per heavy atom. The quantitative estimate of drug-likeness (QED) is 0.368. The molecule has 4 rings (SSSR count). The first-order valence-corrected chi connectivity index (χ1v) is 12.8. The predicted octanol–water partition coefficient (Wildman–Crippen LogP) is 5.11. The van der Waals surface area contributed by atoms with Crippen LogP contribution in [0.3, 0.4) is 0 Å². The Balaban J connectivity index is 1.61. The average molecular weight is 493 g/mol. The highest BCUT2D eigenvalue weighted by atomic mass is 32.1. The first kappa shape index (κ1) is 25.3. The zero-order chi connectivity index (χ0) is 24.8. The minimum atomic E-state index is 0.00463. The molecule has 1 aromatic heterocycles. The van der Waals surface area contributed by atoms with Crippen LogP contribution >= 0.6 is 11.3 Å². The molecular weight excluding hydrogens is 460 g/mol. The Labute approximate surface area is 211 Å². The zero-order valence-corrected chi connectivity index (χ0v) is 21.6. The third-order valence-corrected chi connectivity index (χ3v) is 7.22. The number of hydrogen-bond donors (Lipinski definition) is 0. The van der Waals surface area contributed by atoms with Crippen molar-refractivity contribution in [3.8, 4) is 33.0 Å². The van der Waals surface area contributed by atoms with Gasteiger partial charge in [-0.2, -0.15) is 5.26 Å². The van der Waals surface area contributed by atoms with Gasteiger partial charge >= 0.3 is 0 Å². The van der Waals surface area contributed by atoms with Gasteiger partial charge in [-0.1, -0.05) is 29.5 Å². The Kier molecular flexibility index (Phi) is 8.47. The van der Waals surface area contributed by atoms with E-state index in [1.165, 1.54) is 11.1 Å². The van der Waals surface area contributed by atoms with Crippen LogP contribution in [0.1, 0.15) is 43.0 Å². The number of nitrogens with zero attached hydrogens (tertiary/aromatic N) is 4. The number of nitriles is 1. The first-order valence-electron chi connectivity index (χ1n) is 11.9.